The van der Waals surface area contributed by atoms with Crippen molar-refractivity contribution < 1.29 is 9.59 Å². The van der Waals surface area contributed by atoms with Crippen molar-refractivity contribution in [2.45, 2.75) is 84.0 Å². The highest BCUT2D eigenvalue weighted by Crippen LogP contribution is 2.56. The molecular weight excluding hydrogens is 380 g/mol. The molecule has 3 aliphatic rings. The van der Waals surface area contributed by atoms with Gasteiger partial charge in [-0.2, -0.15) is 0 Å². The summed E-state index contributed by atoms with van der Waals surface area (Å²) in [5.74, 6) is 2.17. The van der Waals surface area contributed by atoms with Crippen LogP contribution in [0.5, 0.6) is 0 Å². The van der Waals surface area contributed by atoms with Gasteiger partial charge < -0.3 is 0 Å². The topological polar surface area (TPSA) is 34.1 Å². The Morgan fingerprint density at radius 3 is 2.45 bits per heavy atom. The summed E-state index contributed by atoms with van der Waals surface area (Å²) in [7, 11) is 0. The normalized spacial score (nSPS) is 27.2. The van der Waals surface area contributed by atoms with Gasteiger partial charge in [0, 0.05) is 23.3 Å². The fourth-order valence-electron chi connectivity index (χ4n) is 5.61. The van der Waals surface area contributed by atoms with E-state index in [1.54, 1.807) is 0 Å². The smallest absolute Gasteiger partial charge is 0.158 e. The van der Waals surface area contributed by atoms with Crippen LogP contribution >= 0.6 is 11.6 Å². The van der Waals surface area contributed by atoms with Crippen molar-refractivity contribution in [2.75, 3.05) is 0 Å². The van der Waals surface area contributed by atoms with Gasteiger partial charge in [0.25, 0.3) is 0 Å². The van der Waals surface area contributed by atoms with Gasteiger partial charge in [0.1, 0.15) is 5.78 Å². The maximum Gasteiger partial charge on any atom is 0.158 e. The first-order chi connectivity index (χ1) is 13.9. The second-order valence-corrected chi connectivity index (χ2v) is 10.0. The number of rotatable bonds is 6. The molecule has 0 aliphatic heterocycles. The van der Waals surface area contributed by atoms with Gasteiger partial charge >= 0.3 is 0 Å². The van der Waals surface area contributed by atoms with E-state index in [0.717, 1.165) is 36.3 Å². The molecule has 0 saturated heterocycles. The number of hydrogen-bond acceptors (Lipinski definition) is 2. The standard InChI is InChI=1S/C26H33ClO2/c1-15(16(2)26(29)18-7-5-4-6-8-18)19-9-11-24(27)23(13-19)22-14-21(22)20-10-12-25(28)17(20)3/h9,11,13,15-16,18,21-22H,4-8,10,12,14H2,1-3H3. The van der Waals surface area contributed by atoms with E-state index < -0.39 is 0 Å². The summed E-state index contributed by atoms with van der Waals surface area (Å²) in [6.45, 7) is 6.28. The van der Waals surface area contributed by atoms with E-state index in [0.29, 0.717) is 29.8 Å². The zero-order valence-electron chi connectivity index (χ0n) is 18.0. The summed E-state index contributed by atoms with van der Waals surface area (Å²) in [5, 5.41) is 0.822. The molecule has 4 rings (SSSR count). The van der Waals surface area contributed by atoms with Gasteiger partial charge in [-0.25, -0.2) is 0 Å². The SMILES string of the molecule is CC1=C(C2CC2c2cc(C(C)C(C)C(=O)C3CCCCC3)ccc2Cl)CCC1=O. The minimum absolute atomic E-state index is 0.0412. The van der Waals surface area contributed by atoms with Crippen LogP contribution in [0.3, 0.4) is 0 Å². The van der Waals surface area contributed by atoms with Crippen molar-refractivity contribution in [1.29, 1.82) is 0 Å². The number of halogens is 1. The molecule has 1 aromatic rings. The largest absolute Gasteiger partial charge is 0.299 e. The summed E-state index contributed by atoms with van der Waals surface area (Å²) in [6.07, 6.45) is 8.50. The average molecular weight is 413 g/mol. The van der Waals surface area contributed by atoms with Gasteiger partial charge in [-0.15, -0.1) is 0 Å². The molecule has 3 aliphatic carbocycles. The lowest BCUT2D eigenvalue weighted by Crippen LogP contribution is -2.27. The molecule has 2 saturated carbocycles. The quantitative estimate of drug-likeness (QED) is 0.503. The Morgan fingerprint density at radius 2 is 1.79 bits per heavy atom. The van der Waals surface area contributed by atoms with Crippen molar-refractivity contribution in [3.05, 3.63) is 45.5 Å². The van der Waals surface area contributed by atoms with Gasteiger partial charge in [-0.05, 0) is 73.1 Å². The van der Waals surface area contributed by atoms with Crippen LogP contribution in [0.25, 0.3) is 0 Å². The molecule has 29 heavy (non-hydrogen) atoms. The Hall–Kier alpha value is -1.41. The molecule has 3 heteroatoms. The lowest BCUT2D eigenvalue weighted by Gasteiger charge is -2.27. The van der Waals surface area contributed by atoms with Crippen LogP contribution in [0.15, 0.2) is 29.3 Å². The lowest BCUT2D eigenvalue weighted by molar-refractivity contribution is -0.127. The van der Waals surface area contributed by atoms with Crippen molar-refractivity contribution in [3.63, 3.8) is 0 Å². The van der Waals surface area contributed by atoms with Crippen LogP contribution in [-0.2, 0) is 9.59 Å². The third-order valence-electron chi connectivity index (χ3n) is 7.91. The van der Waals surface area contributed by atoms with Crippen LogP contribution in [0.2, 0.25) is 5.02 Å². The molecule has 0 spiro atoms. The van der Waals surface area contributed by atoms with E-state index >= 15 is 0 Å². The van der Waals surface area contributed by atoms with Crippen LogP contribution < -0.4 is 0 Å². The summed E-state index contributed by atoms with van der Waals surface area (Å²) in [6, 6.07) is 6.36. The first-order valence-corrected chi connectivity index (χ1v) is 11.8. The van der Waals surface area contributed by atoms with Gasteiger partial charge in [0.2, 0.25) is 0 Å². The van der Waals surface area contributed by atoms with E-state index in [1.807, 2.05) is 13.0 Å². The van der Waals surface area contributed by atoms with Crippen LogP contribution in [-0.4, -0.2) is 11.6 Å². The summed E-state index contributed by atoms with van der Waals surface area (Å²) in [4.78, 5) is 25.0. The zero-order chi connectivity index (χ0) is 20.7. The molecule has 0 radical (unpaired) electrons. The Bertz CT molecular complexity index is 846. The molecule has 0 heterocycles. The van der Waals surface area contributed by atoms with E-state index in [9.17, 15) is 9.59 Å². The molecular formula is C26H33ClO2. The first kappa shape index (κ1) is 20.8. The molecule has 4 unspecified atom stereocenters. The van der Waals surface area contributed by atoms with E-state index in [2.05, 4.69) is 26.0 Å². The minimum atomic E-state index is 0.0412. The molecule has 4 atom stereocenters. The fraction of sp³-hybridized carbons (Fsp3) is 0.615. The maximum atomic E-state index is 13.0. The Kier molecular flexibility index (Phi) is 6.02. The number of Topliss-reactive ketones (excluding diaryl/α,β-unsaturated/α-hetero) is 2. The van der Waals surface area contributed by atoms with E-state index in [-0.39, 0.29) is 17.8 Å². The molecule has 2 nitrogen and oxygen atoms in total. The number of carbonyl (C=O) groups excluding carboxylic acids is 2. The van der Waals surface area contributed by atoms with Crippen molar-refractivity contribution in [3.8, 4) is 0 Å². The van der Waals surface area contributed by atoms with E-state index in [1.165, 1.54) is 36.0 Å². The average Bonchev–Trinajstić information content (AvgIpc) is 3.46. The van der Waals surface area contributed by atoms with Crippen LogP contribution in [0.4, 0.5) is 0 Å². The van der Waals surface area contributed by atoms with Crippen molar-refractivity contribution in [2.24, 2.45) is 17.8 Å². The molecule has 0 aromatic heterocycles. The predicted molar refractivity (Wildman–Crippen MR) is 118 cm³/mol. The second kappa shape index (κ2) is 8.38. The molecule has 2 fully saturated rings. The minimum Gasteiger partial charge on any atom is -0.299 e. The molecule has 0 bridgehead atoms. The first-order valence-electron chi connectivity index (χ1n) is 11.4. The fourth-order valence-corrected chi connectivity index (χ4v) is 5.87. The van der Waals surface area contributed by atoms with Crippen molar-refractivity contribution >= 4 is 23.2 Å². The Labute approximate surface area is 180 Å². The van der Waals surface area contributed by atoms with Crippen LogP contribution in [0.1, 0.15) is 95.1 Å². The summed E-state index contributed by atoms with van der Waals surface area (Å²) in [5.41, 5.74) is 4.78. The van der Waals surface area contributed by atoms with Crippen LogP contribution in [0, 0.1) is 17.8 Å². The lowest BCUT2D eigenvalue weighted by atomic mass is 9.76. The highest BCUT2D eigenvalue weighted by atomic mass is 35.5. The highest BCUT2D eigenvalue weighted by molar-refractivity contribution is 6.31. The highest BCUT2D eigenvalue weighted by Gasteiger charge is 2.44. The van der Waals surface area contributed by atoms with Gasteiger partial charge in [-0.1, -0.05) is 62.4 Å². The Balaban J connectivity index is 1.50. The van der Waals surface area contributed by atoms with Gasteiger partial charge in [0.05, 0.1) is 0 Å². The number of allylic oxidation sites excluding steroid dienone is 2. The number of ketones is 2. The summed E-state index contributed by atoms with van der Waals surface area (Å²) >= 11 is 6.59. The molecule has 1 aromatic carbocycles. The van der Waals surface area contributed by atoms with Gasteiger partial charge in [-0.3, -0.25) is 9.59 Å². The molecule has 156 valence electrons. The zero-order valence-corrected chi connectivity index (χ0v) is 18.7. The number of carbonyl (C=O) groups is 2. The maximum absolute atomic E-state index is 13.0. The third kappa shape index (κ3) is 4.10. The molecule has 0 amide bonds. The monoisotopic (exact) mass is 412 g/mol. The third-order valence-corrected chi connectivity index (χ3v) is 8.26. The Morgan fingerprint density at radius 1 is 1.07 bits per heavy atom. The predicted octanol–water partition coefficient (Wildman–Crippen LogP) is 7.01. The summed E-state index contributed by atoms with van der Waals surface area (Å²) < 4.78 is 0. The second-order valence-electron chi connectivity index (χ2n) is 9.62. The number of benzene rings is 1. The van der Waals surface area contributed by atoms with E-state index in [4.69, 9.17) is 11.6 Å². The van der Waals surface area contributed by atoms with Crippen molar-refractivity contribution in [1.82, 2.24) is 0 Å². The van der Waals surface area contributed by atoms with Gasteiger partial charge in [0.15, 0.2) is 5.78 Å². The molecule has 0 N–H and O–H groups in total. The number of hydrogen-bond donors (Lipinski definition) is 0.